The summed E-state index contributed by atoms with van der Waals surface area (Å²) in [7, 11) is -7.31. The highest BCUT2D eigenvalue weighted by Crippen LogP contribution is 2.35. The van der Waals surface area contributed by atoms with E-state index in [0.29, 0.717) is 48.2 Å². The lowest BCUT2D eigenvalue weighted by Gasteiger charge is -2.20. The standard InChI is InChI=1S/C26H26ClN3O6S2/c27-20-4-9-24(10-5-20)38(34,35)30-16-13-19-3-6-21(17-25(19)30)28-26(31)18-36-22-7-11-23(12-8-22)37(32,33)29-14-1-2-15-29/h3-12,17H,1-2,13-16,18H2,(H,28,31). The smallest absolute Gasteiger partial charge is 0.264 e. The summed E-state index contributed by atoms with van der Waals surface area (Å²) in [5.74, 6) is -0.0847. The second-order valence-electron chi connectivity index (χ2n) is 9.04. The van der Waals surface area contributed by atoms with Gasteiger partial charge in [0.2, 0.25) is 10.0 Å². The van der Waals surface area contributed by atoms with Crippen LogP contribution in [0, 0.1) is 0 Å². The molecule has 38 heavy (non-hydrogen) atoms. The van der Waals surface area contributed by atoms with Gasteiger partial charge in [-0.25, -0.2) is 16.8 Å². The molecule has 0 spiro atoms. The summed E-state index contributed by atoms with van der Waals surface area (Å²) in [6.45, 7) is 1.04. The number of carbonyl (C=O) groups excluding carboxylic acids is 1. The molecule has 1 N–H and O–H groups in total. The van der Waals surface area contributed by atoms with Crippen molar-refractivity contribution in [1.29, 1.82) is 0 Å². The van der Waals surface area contributed by atoms with Gasteiger partial charge in [-0.2, -0.15) is 4.31 Å². The lowest BCUT2D eigenvalue weighted by atomic mass is 10.1. The first-order chi connectivity index (χ1) is 18.1. The molecule has 0 radical (unpaired) electrons. The number of rotatable bonds is 8. The Balaban J connectivity index is 1.22. The largest absolute Gasteiger partial charge is 0.484 e. The molecule has 2 aliphatic heterocycles. The molecular weight excluding hydrogens is 550 g/mol. The molecule has 2 aliphatic rings. The highest BCUT2D eigenvalue weighted by atomic mass is 35.5. The van der Waals surface area contributed by atoms with Crippen molar-refractivity contribution >= 4 is 48.9 Å². The maximum absolute atomic E-state index is 13.2. The van der Waals surface area contributed by atoms with Crippen LogP contribution in [0.2, 0.25) is 5.02 Å². The van der Waals surface area contributed by atoms with E-state index in [2.05, 4.69) is 5.32 Å². The Morgan fingerprint density at radius 3 is 2.16 bits per heavy atom. The van der Waals surface area contributed by atoms with Crippen molar-refractivity contribution in [2.24, 2.45) is 0 Å². The van der Waals surface area contributed by atoms with E-state index in [4.69, 9.17) is 16.3 Å². The van der Waals surface area contributed by atoms with Crippen LogP contribution < -0.4 is 14.4 Å². The molecule has 1 saturated heterocycles. The predicted octanol–water partition coefficient (Wildman–Crippen LogP) is 3.89. The quantitative estimate of drug-likeness (QED) is 0.436. The number of sulfonamides is 2. The van der Waals surface area contributed by atoms with E-state index in [0.717, 1.165) is 18.4 Å². The van der Waals surface area contributed by atoms with E-state index in [1.54, 1.807) is 18.2 Å². The highest BCUT2D eigenvalue weighted by Gasteiger charge is 2.31. The first-order valence-electron chi connectivity index (χ1n) is 12.1. The van der Waals surface area contributed by atoms with Gasteiger partial charge in [0, 0.05) is 30.3 Å². The van der Waals surface area contributed by atoms with Crippen LogP contribution in [0.5, 0.6) is 5.75 Å². The fourth-order valence-corrected chi connectivity index (χ4v) is 7.68. The van der Waals surface area contributed by atoms with Crippen molar-refractivity contribution in [2.45, 2.75) is 29.1 Å². The Bertz CT molecular complexity index is 1550. The fourth-order valence-electron chi connectivity index (χ4n) is 4.54. The van der Waals surface area contributed by atoms with E-state index in [9.17, 15) is 21.6 Å². The average molecular weight is 576 g/mol. The van der Waals surface area contributed by atoms with E-state index < -0.39 is 26.0 Å². The summed E-state index contributed by atoms with van der Waals surface area (Å²) < 4.78 is 60.0. The maximum atomic E-state index is 13.2. The third-order valence-electron chi connectivity index (χ3n) is 6.52. The molecule has 1 fully saturated rings. The van der Waals surface area contributed by atoms with Crippen LogP contribution in [0.1, 0.15) is 18.4 Å². The number of halogens is 1. The Kier molecular flexibility index (Phi) is 7.36. The van der Waals surface area contributed by atoms with Gasteiger partial charge in [-0.1, -0.05) is 17.7 Å². The minimum atomic E-state index is -3.79. The number of anilines is 2. The van der Waals surface area contributed by atoms with Crippen LogP contribution in [0.25, 0.3) is 0 Å². The number of nitrogens with zero attached hydrogens (tertiary/aromatic N) is 2. The SMILES string of the molecule is O=C(COc1ccc(S(=O)(=O)N2CCCC2)cc1)Nc1ccc2c(c1)N(S(=O)(=O)c1ccc(Cl)cc1)CC2. The van der Waals surface area contributed by atoms with Gasteiger partial charge < -0.3 is 10.1 Å². The van der Waals surface area contributed by atoms with Crippen molar-refractivity contribution in [3.05, 3.63) is 77.3 Å². The number of benzene rings is 3. The molecule has 3 aromatic carbocycles. The number of hydrogen-bond acceptors (Lipinski definition) is 6. The molecule has 200 valence electrons. The molecule has 0 saturated carbocycles. The topological polar surface area (TPSA) is 113 Å². The molecule has 2 heterocycles. The first-order valence-corrected chi connectivity index (χ1v) is 15.3. The monoisotopic (exact) mass is 575 g/mol. The first kappa shape index (κ1) is 26.5. The molecule has 0 aliphatic carbocycles. The molecule has 9 nitrogen and oxygen atoms in total. The summed E-state index contributed by atoms with van der Waals surface area (Å²) in [6.07, 6.45) is 2.27. The number of ether oxygens (including phenoxy) is 1. The number of hydrogen-bond donors (Lipinski definition) is 1. The fraction of sp³-hybridized carbons (Fsp3) is 0.269. The normalized spacial score (nSPS) is 15.9. The Morgan fingerprint density at radius 1 is 0.842 bits per heavy atom. The lowest BCUT2D eigenvalue weighted by Crippen LogP contribution is -2.29. The van der Waals surface area contributed by atoms with Crippen LogP contribution in [0.15, 0.2) is 76.5 Å². The second-order valence-corrected chi connectivity index (χ2v) is 13.3. The lowest BCUT2D eigenvalue weighted by molar-refractivity contribution is -0.118. The van der Waals surface area contributed by atoms with E-state index in [1.165, 1.54) is 57.1 Å². The van der Waals surface area contributed by atoms with Crippen LogP contribution >= 0.6 is 11.6 Å². The minimum absolute atomic E-state index is 0.136. The van der Waals surface area contributed by atoms with Crippen LogP contribution in [-0.2, 0) is 31.3 Å². The Morgan fingerprint density at radius 2 is 1.47 bits per heavy atom. The molecule has 0 aromatic heterocycles. The number of nitrogens with one attached hydrogen (secondary N) is 1. The minimum Gasteiger partial charge on any atom is -0.484 e. The number of carbonyl (C=O) groups is 1. The number of amides is 1. The van der Waals surface area contributed by atoms with Gasteiger partial charge in [-0.15, -0.1) is 0 Å². The Labute approximate surface area is 227 Å². The Hall–Kier alpha value is -3.12. The molecular formula is C26H26ClN3O6S2. The van der Waals surface area contributed by atoms with Crippen LogP contribution in [0.4, 0.5) is 11.4 Å². The predicted molar refractivity (Wildman–Crippen MR) is 145 cm³/mol. The van der Waals surface area contributed by atoms with Gasteiger partial charge in [0.15, 0.2) is 6.61 Å². The molecule has 0 atom stereocenters. The van der Waals surface area contributed by atoms with Crippen molar-refractivity contribution in [3.63, 3.8) is 0 Å². The molecule has 12 heteroatoms. The molecule has 0 unspecified atom stereocenters. The zero-order valence-electron chi connectivity index (χ0n) is 20.3. The highest BCUT2D eigenvalue weighted by molar-refractivity contribution is 7.92. The second kappa shape index (κ2) is 10.6. The zero-order valence-corrected chi connectivity index (χ0v) is 22.7. The summed E-state index contributed by atoms with van der Waals surface area (Å²) >= 11 is 5.90. The third kappa shape index (κ3) is 5.37. The van der Waals surface area contributed by atoms with Gasteiger partial charge in [0.25, 0.3) is 15.9 Å². The zero-order chi connectivity index (χ0) is 26.9. The number of fused-ring (bicyclic) bond motifs is 1. The van der Waals surface area contributed by atoms with Crippen LogP contribution in [-0.4, -0.2) is 53.3 Å². The van der Waals surface area contributed by atoms with Crippen LogP contribution in [0.3, 0.4) is 0 Å². The molecule has 5 rings (SSSR count). The van der Waals surface area contributed by atoms with Gasteiger partial charge in [-0.3, -0.25) is 9.10 Å². The molecule has 0 bridgehead atoms. The molecule has 1 amide bonds. The molecule has 3 aromatic rings. The maximum Gasteiger partial charge on any atom is 0.264 e. The summed E-state index contributed by atoms with van der Waals surface area (Å²) in [5, 5.41) is 3.17. The van der Waals surface area contributed by atoms with Crippen molar-refractivity contribution in [2.75, 3.05) is 35.9 Å². The van der Waals surface area contributed by atoms with E-state index in [-0.39, 0.29) is 16.4 Å². The van der Waals surface area contributed by atoms with E-state index in [1.807, 2.05) is 0 Å². The summed E-state index contributed by atoms with van der Waals surface area (Å²) in [4.78, 5) is 12.9. The summed E-state index contributed by atoms with van der Waals surface area (Å²) in [6, 6.07) is 17.1. The van der Waals surface area contributed by atoms with Crippen molar-refractivity contribution in [3.8, 4) is 5.75 Å². The van der Waals surface area contributed by atoms with Gasteiger partial charge >= 0.3 is 0 Å². The third-order valence-corrected chi connectivity index (χ3v) is 10.5. The van der Waals surface area contributed by atoms with Gasteiger partial charge in [0.1, 0.15) is 5.75 Å². The summed E-state index contributed by atoms with van der Waals surface area (Å²) in [5.41, 5.74) is 1.80. The van der Waals surface area contributed by atoms with Gasteiger partial charge in [-0.05, 0) is 85.5 Å². The van der Waals surface area contributed by atoms with Crippen molar-refractivity contribution < 1.29 is 26.4 Å². The van der Waals surface area contributed by atoms with Gasteiger partial charge in [0.05, 0.1) is 15.5 Å². The average Bonchev–Trinajstić information content (AvgIpc) is 3.59. The van der Waals surface area contributed by atoms with Crippen molar-refractivity contribution in [1.82, 2.24) is 4.31 Å². The van der Waals surface area contributed by atoms with E-state index >= 15 is 0 Å².